The molecule has 0 aliphatic heterocycles. The fraction of sp³-hybridized carbons (Fsp3) is 0.478. The number of aromatic nitrogens is 2. The van der Waals surface area contributed by atoms with Crippen molar-refractivity contribution in [2.45, 2.75) is 53.0 Å². The molecular formula is C23H32ClN5O4. The van der Waals surface area contributed by atoms with Crippen LogP contribution >= 0.6 is 11.6 Å². The molecule has 2 aromatic rings. The van der Waals surface area contributed by atoms with Gasteiger partial charge in [-0.25, -0.2) is 9.48 Å². The summed E-state index contributed by atoms with van der Waals surface area (Å²) in [6.07, 6.45) is 0. The molecule has 180 valence electrons. The Labute approximate surface area is 199 Å². The Morgan fingerprint density at radius 1 is 1.21 bits per heavy atom. The van der Waals surface area contributed by atoms with Gasteiger partial charge in [0.1, 0.15) is 18.9 Å². The van der Waals surface area contributed by atoms with Crippen molar-refractivity contribution < 1.29 is 19.1 Å². The number of anilines is 1. The van der Waals surface area contributed by atoms with Crippen LogP contribution in [0.15, 0.2) is 30.3 Å². The number of carbonyl (C=O) groups is 3. The predicted octanol–water partition coefficient (Wildman–Crippen LogP) is 3.74. The number of para-hydroxylation sites is 1. The van der Waals surface area contributed by atoms with Gasteiger partial charge in [-0.3, -0.25) is 9.59 Å². The first-order chi connectivity index (χ1) is 15.4. The molecule has 3 amide bonds. The highest BCUT2D eigenvalue weighted by atomic mass is 35.5. The van der Waals surface area contributed by atoms with E-state index in [0.717, 1.165) is 5.69 Å². The van der Waals surface area contributed by atoms with Crippen LogP contribution in [0.5, 0.6) is 0 Å². The van der Waals surface area contributed by atoms with Crippen LogP contribution in [-0.4, -0.2) is 58.3 Å². The zero-order chi connectivity index (χ0) is 24.8. The largest absolute Gasteiger partial charge is 0.465 e. The van der Waals surface area contributed by atoms with Crippen molar-refractivity contribution in [3.8, 4) is 5.69 Å². The number of esters is 1. The number of halogens is 1. The van der Waals surface area contributed by atoms with E-state index < -0.39 is 17.9 Å². The minimum Gasteiger partial charge on any atom is -0.465 e. The molecule has 1 aromatic heterocycles. The van der Waals surface area contributed by atoms with E-state index in [1.54, 1.807) is 43.7 Å². The molecule has 0 atom stereocenters. The van der Waals surface area contributed by atoms with E-state index in [0.29, 0.717) is 16.5 Å². The van der Waals surface area contributed by atoms with Crippen LogP contribution in [0, 0.1) is 0 Å². The topological polar surface area (TPSA) is 106 Å². The van der Waals surface area contributed by atoms with Crippen molar-refractivity contribution in [1.82, 2.24) is 20.0 Å². The first-order valence-corrected chi connectivity index (χ1v) is 11.2. The third-order valence-electron chi connectivity index (χ3n) is 4.71. The Kier molecular flexibility index (Phi) is 8.87. The maximum atomic E-state index is 12.9. The molecule has 0 aliphatic rings. The fourth-order valence-electron chi connectivity index (χ4n) is 2.93. The lowest BCUT2D eigenvalue weighted by Crippen LogP contribution is -2.48. The smallest absolute Gasteiger partial charge is 0.325 e. The van der Waals surface area contributed by atoms with Gasteiger partial charge in [0, 0.05) is 17.5 Å². The van der Waals surface area contributed by atoms with Crippen LogP contribution in [0.4, 0.5) is 10.6 Å². The Bertz CT molecular complexity index is 997. The number of urea groups is 1. The summed E-state index contributed by atoms with van der Waals surface area (Å²) in [5, 5.41) is 10.5. The molecule has 0 saturated heterocycles. The summed E-state index contributed by atoms with van der Waals surface area (Å²) < 4.78 is 6.40. The van der Waals surface area contributed by atoms with Crippen LogP contribution < -0.4 is 10.6 Å². The Morgan fingerprint density at radius 2 is 1.88 bits per heavy atom. The summed E-state index contributed by atoms with van der Waals surface area (Å²) >= 11 is 6.37. The van der Waals surface area contributed by atoms with Gasteiger partial charge in [0.15, 0.2) is 0 Å². The maximum absolute atomic E-state index is 12.9. The second-order valence-corrected chi connectivity index (χ2v) is 9.17. The molecular weight excluding hydrogens is 446 g/mol. The molecule has 2 N–H and O–H groups in total. The van der Waals surface area contributed by atoms with Gasteiger partial charge in [0.2, 0.25) is 5.91 Å². The van der Waals surface area contributed by atoms with Gasteiger partial charge in [-0.05, 0) is 32.9 Å². The van der Waals surface area contributed by atoms with Gasteiger partial charge < -0.3 is 20.3 Å². The number of nitrogens with one attached hydrogen (secondary N) is 2. The molecule has 0 bridgehead atoms. The number of benzene rings is 1. The van der Waals surface area contributed by atoms with E-state index in [1.807, 2.05) is 32.9 Å². The summed E-state index contributed by atoms with van der Waals surface area (Å²) in [6.45, 7) is 11.0. The Hall–Kier alpha value is -3.07. The SMILES string of the molecule is CCOC(=O)CNC(=O)N(CC(=O)Nc1cc(C(C)(C)C)nn1-c1ccccc1Cl)C(C)C. The van der Waals surface area contributed by atoms with Gasteiger partial charge in [-0.15, -0.1) is 0 Å². The molecule has 0 spiro atoms. The van der Waals surface area contributed by atoms with Crippen molar-refractivity contribution in [3.63, 3.8) is 0 Å². The van der Waals surface area contributed by atoms with Crippen LogP contribution in [0.25, 0.3) is 5.69 Å². The van der Waals surface area contributed by atoms with Gasteiger partial charge >= 0.3 is 12.0 Å². The second-order valence-electron chi connectivity index (χ2n) is 8.76. The molecule has 0 radical (unpaired) electrons. The zero-order valence-corrected chi connectivity index (χ0v) is 20.7. The second kappa shape index (κ2) is 11.2. The lowest BCUT2D eigenvalue weighted by atomic mass is 9.92. The molecule has 0 saturated carbocycles. The summed E-state index contributed by atoms with van der Waals surface area (Å²) in [5.74, 6) is -0.519. The summed E-state index contributed by atoms with van der Waals surface area (Å²) in [5.41, 5.74) is 1.13. The number of amides is 3. The van der Waals surface area contributed by atoms with Gasteiger partial charge in [-0.1, -0.05) is 44.5 Å². The molecule has 0 unspecified atom stereocenters. The number of nitrogens with zero attached hydrogens (tertiary/aromatic N) is 3. The molecule has 9 nitrogen and oxygen atoms in total. The first kappa shape index (κ1) is 26.2. The minimum atomic E-state index is -0.544. The monoisotopic (exact) mass is 477 g/mol. The summed E-state index contributed by atoms with van der Waals surface area (Å²) in [4.78, 5) is 38.3. The van der Waals surface area contributed by atoms with Crippen LogP contribution in [0.1, 0.15) is 47.2 Å². The van der Waals surface area contributed by atoms with Crippen molar-refractivity contribution in [1.29, 1.82) is 0 Å². The average Bonchev–Trinajstić information content (AvgIpc) is 3.14. The minimum absolute atomic E-state index is 0.217. The molecule has 1 heterocycles. The van der Waals surface area contributed by atoms with Crippen molar-refractivity contribution >= 4 is 35.3 Å². The molecule has 0 fully saturated rings. The van der Waals surface area contributed by atoms with Crippen LogP contribution in [0.3, 0.4) is 0 Å². The highest BCUT2D eigenvalue weighted by molar-refractivity contribution is 6.32. The summed E-state index contributed by atoms with van der Waals surface area (Å²) in [6, 6.07) is 8.17. The van der Waals surface area contributed by atoms with E-state index in [2.05, 4.69) is 15.7 Å². The molecule has 2 rings (SSSR count). The van der Waals surface area contributed by atoms with Gasteiger partial charge in [0.25, 0.3) is 0 Å². The molecule has 10 heteroatoms. The van der Waals surface area contributed by atoms with Crippen molar-refractivity contribution in [2.75, 3.05) is 25.0 Å². The number of hydrogen-bond donors (Lipinski definition) is 2. The number of rotatable bonds is 8. The van der Waals surface area contributed by atoms with E-state index in [9.17, 15) is 14.4 Å². The highest BCUT2D eigenvalue weighted by Crippen LogP contribution is 2.29. The van der Waals surface area contributed by atoms with Crippen LogP contribution in [0.2, 0.25) is 5.02 Å². The van der Waals surface area contributed by atoms with E-state index in [4.69, 9.17) is 16.3 Å². The third kappa shape index (κ3) is 7.21. The Balaban J connectivity index is 2.22. The third-order valence-corrected chi connectivity index (χ3v) is 5.03. The van der Waals surface area contributed by atoms with E-state index >= 15 is 0 Å². The Morgan fingerprint density at radius 3 is 2.45 bits per heavy atom. The predicted molar refractivity (Wildman–Crippen MR) is 128 cm³/mol. The number of hydrogen-bond acceptors (Lipinski definition) is 5. The number of ether oxygens (including phenoxy) is 1. The van der Waals surface area contributed by atoms with Crippen molar-refractivity contribution in [3.05, 3.63) is 41.0 Å². The maximum Gasteiger partial charge on any atom is 0.325 e. The molecule has 0 aliphatic carbocycles. The van der Waals surface area contributed by atoms with E-state index in [1.165, 1.54) is 4.90 Å². The average molecular weight is 478 g/mol. The standard InChI is InChI=1S/C23H32ClN5O4/c1-7-33-21(31)13-25-22(32)28(15(2)3)14-20(30)26-19-12-18(23(4,5)6)27-29(19)17-11-9-8-10-16(17)24/h8-12,15H,7,13-14H2,1-6H3,(H,25,32)(H,26,30). The van der Waals surface area contributed by atoms with E-state index in [-0.39, 0.29) is 31.2 Å². The first-order valence-electron chi connectivity index (χ1n) is 10.8. The zero-order valence-electron chi connectivity index (χ0n) is 19.9. The van der Waals surface area contributed by atoms with Gasteiger partial charge in [0.05, 0.1) is 23.0 Å². The quantitative estimate of drug-likeness (QED) is 0.563. The lowest BCUT2D eigenvalue weighted by Gasteiger charge is -2.26. The fourth-order valence-corrected chi connectivity index (χ4v) is 3.15. The van der Waals surface area contributed by atoms with Gasteiger partial charge in [-0.2, -0.15) is 5.10 Å². The van der Waals surface area contributed by atoms with Crippen molar-refractivity contribution in [2.24, 2.45) is 0 Å². The number of carbonyl (C=O) groups excluding carboxylic acids is 3. The lowest BCUT2D eigenvalue weighted by molar-refractivity contribution is -0.141. The molecule has 33 heavy (non-hydrogen) atoms. The summed E-state index contributed by atoms with van der Waals surface area (Å²) in [7, 11) is 0. The normalized spacial score (nSPS) is 11.3. The van der Waals surface area contributed by atoms with Crippen LogP contribution in [-0.2, 0) is 19.7 Å². The molecule has 1 aromatic carbocycles. The highest BCUT2D eigenvalue weighted by Gasteiger charge is 2.25.